The molecule has 0 aromatic carbocycles. The van der Waals surface area contributed by atoms with Gasteiger partial charge in [0.25, 0.3) is 0 Å². The van der Waals surface area contributed by atoms with Crippen LogP contribution in [-0.2, 0) is 19.1 Å². The normalized spacial score (nSPS) is 25.8. The SMILES string of the molecule is CC(=O)O[C@H]1C=C[C@H]1OC(C)=O. The third-order valence-electron chi connectivity index (χ3n) is 1.42. The Bertz CT molecular complexity index is 207. The predicted molar refractivity (Wildman–Crippen MR) is 40.2 cm³/mol. The summed E-state index contributed by atoms with van der Waals surface area (Å²) < 4.78 is 9.59. The molecule has 0 N–H and O–H groups in total. The van der Waals surface area contributed by atoms with Gasteiger partial charge < -0.3 is 9.47 Å². The fourth-order valence-electron chi connectivity index (χ4n) is 0.889. The lowest BCUT2D eigenvalue weighted by atomic mass is 10.0. The summed E-state index contributed by atoms with van der Waals surface area (Å²) in [6.45, 7) is 2.63. The lowest BCUT2D eigenvalue weighted by Crippen LogP contribution is -2.37. The monoisotopic (exact) mass is 170 g/mol. The molecule has 0 saturated heterocycles. The van der Waals surface area contributed by atoms with Crippen LogP contribution >= 0.6 is 0 Å². The molecule has 12 heavy (non-hydrogen) atoms. The zero-order chi connectivity index (χ0) is 9.14. The topological polar surface area (TPSA) is 52.6 Å². The second-order valence-corrected chi connectivity index (χ2v) is 2.53. The van der Waals surface area contributed by atoms with Gasteiger partial charge in [0.05, 0.1) is 0 Å². The molecule has 0 unspecified atom stereocenters. The Hall–Kier alpha value is -1.32. The van der Waals surface area contributed by atoms with Crippen LogP contribution in [0.2, 0.25) is 0 Å². The van der Waals surface area contributed by atoms with Gasteiger partial charge in [-0.05, 0) is 12.2 Å². The molecule has 1 rings (SSSR count). The van der Waals surface area contributed by atoms with Crippen molar-refractivity contribution in [3.8, 4) is 0 Å². The largest absolute Gasteiger partial charge is 0.454 e. The fourth-order valence-corrected chi connectivity index (χ4v) is 0.889. The first-order valence-corrected chi connectivity index (χ1v) is 3.62. The third kappa shape index (κ3) is 2.08. The maximum absolute atomic E-state index is 10.5. The zero-order valence-electron chi connectivity index (χ0n) is 6.94. The van der Waals surface area contributed by atoms with Gasteiger partial charge in [-0.1, -0.05) is 0 Å². The van der Waals surface area contributed by atoms with Crippen molar-refractivity contribution in [2.45, 2.75) is 26.1 Å². The number of hydrogen-bond acceptors (Lipinski definition) is 4. The molecule has 4 nitrogen and oxygen atoms in total. The molecule has 66 valence electrons. The minimum absolute atomic E-state index is 0.374. The van der Waals surface area contributed by atoms with E-state index in [4.69, 9.17) is 9.47 Å². The second-order valence-electron chi connectivity index (χ2n) is 2.53. The van der Waals surface area contributed by atoms with E-state index in [0.717, 1.165) is 0 Å². The van der Waals surface area contributed by atoms with E-state index in [-0.39, 0.29) is 11.9 Å². The predicted octanol–water partition coefficient (Wildman–Crippen LogP) is 0.420. The number of rotatable bonds is 2. The van der Waals surface area contributed by atoms with Crippen molar-refractivity contribution in [2.75, 3.05) is 0 Å². The Morgan fingerprint density at radius 1 is 1.00 bits per heavy atom. The standard InChI is InChI=1S/C8H10O4/c1-5(9)11-7-3-4-8(7)12-6(2)10/h3-4,7-8H,1-2H3/t7-,8+. The van der Waals surface area contributed by atoms with Crippen LogP contribution in [0.25, 0.3) is 0 Å². The minimum Gasteiger partial charge on any atom is -0.454 e. The highest BCUT2D eigenvalue weighted by atomic mass is 16.6. The molecule has 0 aromatic rings. The molecule has 0 aliphatic heterocycles. The summed E-state index contributed by atoms with van der Waals surface area (Å²) in [4.78, 5) is 21.0. The van der Waals surface area contributed by atoms with E-state index in [1.165, 1.54) is 13.8 Å². The lowest BCUT2D eigenvalue weighted by Gasteiger charge is -2.27. The molecule has 0 fully saturated rings. The van der Waals surface area contributed by atoms with Crippen molar-refractivity contribution in [1.29, 1.82) is 0 Å². The molecule has 0 aromatic heterocycles. The maximum Gasteiger partial charge on any atom is 0.303 e. The summed E-state index contributed by atoms with van der Waals surface area (Å²) in [5, 5.41) is 0. The van der Waals surface area contributed by atoms with Gasteiger partial charge >= 0.3 is 11.9 Å². The number of hydrogen-bond donors (Lipinski definition) is 0. The van der Waals surface area contributed by atoms with Crippen molar-refractivity contribution in [2.24, 2.45) is 0 Å². The van der Waals surface area contributed by atoms with Gasteiger partial charge in [-0.2, -0.15) is 0 Å². The summed E-state index contributed by atoms with van der Waals surface area (Å²) in [5.41, 5.74) is 0. The number of carbonyl (C=O) groups excluding carboxylic acids is 2. The van der Waals surface area contributed by atoms with Crippen LogP contribution in [0, 0.1) is 0 Å². The molecule has 1 aliphatic carbocycles. The molecule has 0 radical (unpaired) electrons. The van der Waals surface area contributed by atoms with Gasteiger partial charge in [0.2, 0.25) is 0 Å². The molecular formula is C8H10O4. The molecule has 2 atom stereocenters. The number of carbonyl (C=O) groups is 2. The first kappa shape index (κ1) is 8.77. The van der Waals surface area contributed by atoms with Crippen LogP contribution in [0.5, 0.6) is 0 Å². The van der Waals surface area contributed by atoms with Gasteiger partial charge in [0.15, 0.2) is 12.2 Å². The second kappa shape index (κ2) is 3.38. The highest BCUT2D eigenvalue weighted by Crippen LogP contribution is 2.17. The Kier molecular flexibility index (Phi) is 2.47. The highest BCUT2D eigenvalue weighted by molar-refractivity contribution is 5.68. The summed E-state index contributed by atoms with van der Waals surface area (Å²) >= 11 is 0. The van der Waals surface area contributed by atoms with Crippen molar-refractivity contribution in [3.63, 3.8) is 0 Å². The van der Waals surface area contributed by atoms with Gasteiger partial charge in [-0.3, -0.25) is 9.59 Å². The fraction of sp³-hybridized carbons (Fsp3) is 0.500. The van der Waals surface area contributed by atoms with Crippen molar-refractivity contribution < 1.29 is 19.1 Å². The average Bonchev–Trinajstić information content (AvgIpc) is 1.93. The van der Waals surface area contributed by atoms with Gasteiger partial charge in [-0.15, -0.1) is 0 Å². The van der Waals surface area contributed by atoms with Crippen LogP contribution < -0.4 is 0 Å². The van der Waals surface area contributed by atoms with Crippen molar-refractivity contribution >= 4 is 11.9 Å². The van der Waals surface area contributed by atoms with E-state index < -0.39 is 12.2 Å². The van der Waals surface area contributed by atoms with E-state index in [0.29, 0.717) is 0 Å². The molecule has 0 saturated carbocycles. The summed E-state index contributed by atoms with van der Waals surface area (Å²) in [6, 6.07) is 0. The zero-order valence-corrected chi connectivity index (χ0v) is 6.94. The molecule has 1 aliphatic rings. The summed E-state index contributed by atoms with van der Waals surface area (Å²) in [6.07, 6.45) is 2.56. The Balaban J connectivity index is 2.36. The smallest absolute Gasteiger partial charge is 0.303 e. The Labute approximate surface area is 70.1 Å². The van der Waals surface area contributed by atoms with E-state index in [1.807, 2.05) is 0 Å². The van der Waals surface area contributed by atoms with Crippen LogP contribution in [0.1, 0.15) is 13.8 Å². The summed E-state index contributed by atoms with van der Waals surface area (Å²) in [5.74, 6) is -0.747. The minimum atomic E-state index is -0.397. The lowest BCUT2D eigenvalue weighted by molar-refractivity contribution is -0.160. The van der Waals surface area contributed by atoms with E-state index in [9.17, 15) is 9.59 Å². The maximum atomic E-state index is 10.5. The van der Waals surface area contributed by atoms with E-state index in [2.05, 4.69) is 0 Å². The number of esters is 2. The van der Waals surface area contributed by atoms with Crippen LogP contribution in [-0.4, -0.2) is 24.1 Å². The van der Waals surface area contributed by atoms with Crippen molar-refractivity contribution in [3.05, 3.63) is 12.2 Å². The highest BCUT2D eigenvalue weighted by Gasteiger charge is 2.29. The van der Waals surface area contributed by atoms with E-state index >= 15 is 0 Å². The molecule has 4 heteroatoms. The molecule has 0 bridgehead atoms. The van der Waals surface area contributed by atoms with Gasteiger partial charge in [-0.25, -0.2) is 0 Å². The number of ether oxygens (including phenoxy) is 2. The van der Waals surface area contributed by atoms with Gasteiger partial charge in [0, 0.05) is 13.8 Å². The molecule has 0 heterocycles. The first-order chi connectivity index (χ1) is 5.59. The third-order valence-corrected chi connectivity index (χ3v) is 1.42. The average molecular weight is 170 g/mol. The molecular weight excluding hydrogens is 160 g/mol. The first-order valence-electron chi connectivity index (χ1n) is 3.62. The quantitative estimate of drug-likeness (QED) is 0.445. The van der Waals surface area contributed by atoms with Gasteiger partial charge in [0.1, 0.15) is 0 Å². The van der Waals surface area contributed by atoms with Crippen LogP contribution in [0.3, 0.4) is 0 Å². The molecule has 0 spiro atoms. The van der Waals surface area contributed by atoms with E-state index in [1.54, 1.807) is 12.2 Å². The molecule has 0 amide bonds. The summed E-state index contributed by atoms with van der Waals surface area (Å²) in [7, 11) is 0. The Morgan fingerprint density at radius 2 is 1.33 bits per heavy atom. The van der Waals surface area contributed by atoms with Crippen LogP contribution in [0.15, 0.2) is 12.2 Å². The van der Waals surface area contributed by atoms with Crippen LogP contribution in [0.4, 0.5) is 0 Å². The Morgan fingerprint density at radius 3 is 1.50 bits per heavy atom. The van der Waals surface area contributed by atoms with Crippen molar-refractivity contribution in [1.82, 2.24) is 0 Å².